The number of anilines is 2. The molecule has 4 nitrogen and oxygen atoms in total. The number of hydrogen-bond acceptors (Lipinski definition) is 4. The molecule has 0 heterocycles. The van der Waals surface area contributed by atoms with Gasteiger partial charge in [0.15, 0.2) is 0 Å². The summed E-state index contributed by atoms with van der Waals surface area (Å²) in [5, 5.41) is 20.5. The van der Waals surface area contributed by atoms with Crippen LogP contribution in [0, 0.1) is 11.3 Å². The van der Waals surface area contributed by atoms with Crippen molar-refractivity contribution < 1.29 is 5.11 Å². The van der Waals surface area contributed by atoms with E-state index in [4.69, 9.17) is 16.1 Å². The van der Waals surface area contributed by atoms with E-state index in [0.29, 0.717) is 12.1 Å². The summed E-state index contributed by atoms with van der Waals surface area (Å²) in [6.45, 7) is 1.04. The van der Waals surface area contributed by atoms with Crippen LogP contribution in [0.3, 0.4) is 0 Å². The number of nitrogens with zero attached hydrogens (tertiary/aromatic N) is 1. The second-order valence-corrected chi connectivity index (χ2v) is 3.61. The molecule has 0 atom stereocenters. The monoisotopic (exact) mass is 219 g/mol. The third-order valence-electron chi connectivity index (χ3n) is 2.33. The lowest BCUT2D eigenvalue weighted by Crippen LogP contribution is -2.03. The van der Waals surface area contributed by atoms with Gasteiger partial charge in [-0.15, -0.1) is 0 Å². The van der Waals surface area contributed by atoms with E-state index in [2.05, 4.69) is 11.4 Å². The minimum atomic E-state index is 0.225. The van der Waals surface area contributed by atoms with Crippen molar-refractivity contribution in [3.63, 3.8) is 0 Å². The van der Waals surface area contributed by atoms with Crippen LogP contribution in [0.1, 0.15) is 18.4 Å². The van der Waals surface area contributed by atoms with Crippen LogP contribution in [0.15, 0.2) is 18.2 Å². The van der Waals surface area contributed by atoms with Crippen molar-refractivity contribution in [1.82, 2.24) is 0 Å². The molecule has 1 aromatic rings. The van der Waals surface area contributed by atoms with Crippen molar-refractivity contribution in [2.24, 2.45) is 0 Å². The van der Waals surface area contributed by atoms with Crippen molar-refractivity contribution in [1.29, 1.82) is 5.26 Å². The number of nitrogen functional groups attached to an aromatic ring is 1. The topological polar surface area (TPSA) is 82.1 Å². The molecule has 0 bridgehead atoms. The Balaban J connectivity index is 2.54. The van der Waals surface area contributed by atoms with Crippen LogP contribution in [0.5, 0.6) is 0 Å². The van der Waals surface area contributed by atoms with Gasteiger partial charge in [0.25, 0.3) is 0 Å². The highest BCUT2D eigenvalue weighted by Crippen LogP contribution is 2.18. The van der Waals surface area contributed by atoms with Gasteiger partial charge in [-0.25, -0.2) is 0 Å². The SMILES string of the molecule is N#CCc1cc(NCCCCO)ccc1N. The normalized spacial score (nSPS) is 9.75. The summed E-state index contributed by atoms with van der Waals surface area (Å²) in [5.41, 5.74) is 8.22. The van der Waals surface area contributed by atoms with Gasteiger partial charge < -0.3 is 16.2 Å². The fourth-order valence-electron chi connectivity index (χ4n) is 1.42. The summed E-state index contributed by atoms with van der Waals surface area (Å²) in [6, 6.07) is 7.69. The molecule has 4 heteroatoms. The second-order valence-electron chi connectivity index (χ2n) is 3.61. The first-order valence-electron chi connectivity index (χ1n) is 5.38. The quantitative estimate of drug-likeness (QED) is 0.500. The van der Waals surface area contributed by atoms with Crippen LogP contribution < -0.4 is 11.1 Å². The van der Waals surface area contributed by atoms with Crippen molar-refractivity contribution in [3.05, 3.63) is 23.8 Å². The van der Waals surface area contributed by atoms with Crippen molar-refractivity contribution >= 4 is 11.4 Å². The van der Waals surface area contributed by atoms with Crippen LogP contribution in [-0.4, -0.2) is 18.3 Å². The maximum Gasteiger partial charge on any atom is 0.0670 e. The van der Waals surface area contributed by atoms with Crippen molar-refractivity contribution in [2.75, 3.05) is 24.2 Å². The fourth-order valence-corrected chi connectivity index (χ4v) is 1.42. The Labute approximate surface area is 95.7 Å². The Hall–Kier alpha value is -1.73. The summed E-state index contributed by atoms with van der Waals surface area (Å²) < 4.78 is 0. The highest BCUT2D eigenvalue weighted by atomic mass is 16.2. The van der Waals surface area contributed by atoms with E-state index in [1.54, 1.807) is 6.07 Å². The molecule has 0 fully saturated rings. The lowest BCUT2D eigenvalue weighted by Gasteiger charge is -2.08. The first kappa shape index (κ1) is 12.3. The third kappa shape index (κ3) is 3.79. The molecule has 1 rings (SSSR count). The molecule has 0 radical (unpaired) electrons. The molecule has 0 aromatic heterocycles. The van der Waals surface area contributed by atoms with Gasteiger partial charge >= 0.3 is 0 Å². The Morgan fingerprint density at radius 3 is 2.88 bits per heavy atom. The van der Waals surface area contributed by atoms with Gasteiger partial charge in [-0.2, -0.15) is 5.26 Å². The fraction of sp³-hybridized carbons (Fsp3) is 0.417. The van der Waals surface area contributed by atoms with Crippen molar-refractivity contribution in [2.45, 2.75) is 19.3 Å². The van der Waals surface area contributed by atoms with E-state index >= 15 is 0 Å². The molecule has 0 aliphatic carbocycles. The average Bonchev–Trinajstić information content (AvgIpc) is 2.29. The first-order valence-corrected chi connectivity index (χ1v) is 5.38. The standard InChI is InChI=1S/C12H17N3O/c13-6-5-10-9-11(3-4-12(10)14)15-7-1-2-8-16/h3-4,9,15-16H,1-2,5,7-8,14H2. The predicted molar refractivity (Wildman–Crippen MR) is 65.0 cm³/mol. The molecule has 0 unspecified atom stereocenters. The summed E-state index contributed by atoms with van der Waals surface area (Å²) >= 11 is 0. The molecular weight excluding hydrogens is 202 g/mol. The van der Waals surface area contributed by atoms with Gasteiger partial charge in [-0.3, -0.25) is 0 Å². The van der Waals surface area contributed by atoms with Gasteiger partial charge in [-0.05, 0) is 36.6 Å². The smallest absolute Gasteiger partial charge is 0.0670 e. The first-order chi connectivity index (χ1) is 7.77. The Kier molecular flexibility index (Phi) is 5.17. The number of hydrogen-bond donors (Lipinski definition) is 3. The summed E-state index contributed by atoms with van der Waals surface area (Å²) in [6.07, 6.45) is 2.06. The molecule has 1 aromatic carbocycles. The van der Waals surface area contributed by atoms with Crippen LogP contribution in [0.25, 0.3) is 0 Å². The summed E-state index contributed by atoms with van der Waals surface area (Å²) in [4.78, 5) is 0. The van der Waals surface area contributed by atoms with E-state index in [1.165, 1.54) is 0 Å². The maximum atomic E-state index is 8.63. The lowest BCUT2D eigenvalue weighted by molar-refractivity contribution is 0.286. The largest absolute Gasteiger partial charge is 0.398 e. The minimum absolute atomic E-state index is 0.225. The Bertz CT molecular complexity index is 371. The van der Waals surface area contributed by atoms with E-state index in [0.717, 1.165) is 30.6 Å². The molecule has 0 aliphatic rings. The van der Waals surface area contributed by atoms with E-state index in [-0.39, 0.29) is 6.61 Å². The highest BCUT2D eigenvalue weighted by Gasteiger charge is 2.00. The molecule has 0 amide bonds. The molecule has 0 spiro atoms. The molecule has 0 saturated carbocycles. The summed E-state index contributed by atoms with van der Waals surface area (Å²) in [7, 11) is 0. The van der Waals surface area contributed by atoms with Crippen LogP contribution >= 0.6 is 0 Å². The number of unbranched alkanes of at least 4 members (excludes halogenated alkanes) is 1. The third-order valence-corrected chi connectivity index (χ3v) is 2.33. The van der Waals surface area contributed by atoms with E-state index < -0.39 is 0 Å². The van der Waals surface area contributed by atoms with Crippen LogP contribution in [-0.2, 0) is 6.42 Å². The van der Waals surface area contributed by atoms with E-state index in [1.807, 2.05) is 12.1 Å². The Morgan fingerprint density at radius 2 is 2.19 bits per heavy atom. The lowest BCUT2D eigenvalue weighted by atomic mass is 10.1. The Morgan fingerprint density at radius 1 is 1.38 bits per heavy atom. The maximum absolute atomic E-state index is 8.63. The number of rotatable bonds is 6. The summed E-state index contributed by atoms with van der Waals surface area (Å²) in [5.74, 6) is 0. The van der Waals surface area contributed by atoms with Gasteiger partial charge in [0.05, 0.1) is 12.5 Å². The molecule has 86 valence electrons. The molecule has 4 N–H and O–H groups in total. The predicted octanol–water partition coefficient (Wildman–Crippen LogP) is 1.52. The number of benzene rings is 1. The number of aliphatic hydroxyl groups is 1. The van der Waals surface area contributed by atoms with Crippen molar-refractivity contribution in [3.8, 4) is 6.07 Å². The van der Waals surface area contributed by atoms with Gasteiger partial charge in [0, 0.05) is 24.5 Å². The van der Waals surface area contributed by atoms with Crippen LogP contribution in [0.4, 0.5) is 11.4 Å². The number of nitrogens with two attached hydrogens (primary N) is 1. The number of nitriles is 1. The number of aliphatic hydroxyl groups excluding tert-OH is 1. The van der Waals surface area contributed by atoms with Gasteiger partial charge in [0.2, 0.25) is 0 Å². The molecular formula is C12H17N3O. The zero-order valence-corrected chi connectivity index (χ0v) is 9.24. The zero-order valence-electron chi connectivity index (χ0n) is 9.24. The van der Waals surface area contributed by atoms with E-state index in [9.17, 15) is 0 Å². The van der Waals surface area contributed by atoms with Gasteiger partial charge in [-0.1, -0.05) is 0 Å². The molecule has 0 saturated heterocycles. The zero-order chi connectivity index (χ0) is 11.8. The minimum Gasteiger partial charge on any atom is -0.398 e. The average molecular weight is 219 g/mol. The highest BCUT2D eigenvalue weighted by molar-refractivity contribution is 5.57. The molecule has 0 aliphatic heterocycles. The molecule has 16 heavy (non-hydrogen) atoms. The van der Waals surface area contributed by atoms with Gasteiger partial charge in [0.1, 0.15) is 0 Å². The number of nitrogens with one attached hydrogen (secondary N) is 1. The second kappa shape index (κ2) is 6.70. The van der Waals surface area contributed by atoms with Crippen LogP contribution in [0.2, 0.25) is 0 Å².